The topological polar surface area (TPSA) is 81.8 Å². The monoisotopic (exact) mass is 453 g/mol. The van der Waals surface area contributed by atoms with E-state index in [0.717, 1.165) is 16.7 Å². The number of benzene rings is 1. The number of hydrogen-bond acceptors (Lipinski definition) is 5. The van der Waals surface area contributed by atoms with Crippen molar-refractivity contribution >= 4 is 17.5 Å². The fourth-order valence-electron chi connectivity index (χ4n) is 2.95. The summed E-state index contributed by atoms with van der Waals surface area (Å²) in [5.41, 5.74) is -1.20. The predicted octanol–water partition coefficient (Wildman–Crippen LogP) is 3.71. The minimum absolute atomic E-state index is 0.0356. The van der Waals surface area contributed by atoms with Crippen LogP contribution in [0.5, 0.6) is 0 Å². The van der Waals surface area contributed by atoms with Crippen LogP contribution < -0.4 is 16.7 Å². The van der Waals surface area contributed by atoms with Crippen LogP contribution in [0.1, 0.15) is 36.6 Å². The lowest BCUT2D eigenvalue weighted by Crippen LogP contribution is -2.43. The van der Waals surface area contributed by atoms with Crippen LogP contribution in [0.3, 0.4) is 0 Å². The molecule has 1 aromatic carbocycles. The van der Waals surface area contributed by atoms with Crippen LogP contribution in [0.15, 0.2) is 52.2 Å². The number of hydrogen-bond donors (Lipinski definition) is 1. The molecule has 7 nitrogen and oxygen atoms in total. The molecule has 0 atom stereocenters. The first-order valence-corrected chi connectivity index (χ1v) is 9.68. The summed E-state index contributed by atoms with van der Waals surface area (Å²) in [4.78, 5) is 33.3. The number of alkyl halides is 3. The average molecular weight is 454 g/mol. The molecule has 0 radical (unpaired) electrons. The van der Waals surface area contributed by atoms with E-state index in [1.165, 1.54) is 22.9 Å². The van der Waals surface area contributed by atoms with Gasteiger partial charge in [-0.15, -0.1) is 0 Å². The molecule has 1 N–H and O–H groups in total. The number of aromatic nitrogens is 4. The first kappa shape index (κ1) is 22.5. The lowest BCUT2D eigenvalue weighted by molar-refractivity contribution is -0.137. The van der Waals surface area contributed by atoms with Gasteiger partial charge in [0.2, 0.25) is 5.95 Å². The highest BCUT2D eigenvalue weighted by Crippen LogP contribution is 2.29. The molecule has 0 spiro atoms. The molecule has 0 saturated heterocycles. The van der Waals surface area contributed by atoms with Gasteiger partial charge < -0.3 is 5.32 Å². The highest BCUT2D eigenvalue weighted by atomic mass is 35.5. The van der Waals surface area contributed by atoms with Gasteiger partial charge >= 0.3 is 17.6 Å². The van der Waals surface area contributed by atoms with Crippen molar-refractivity contribution in [1.82, 2.24) is 19.1 Å². The van der Waals surface area contributed by atoms with Crippen LogP contribution in [0, 0.1) is 0 Å². The zero-order valence-corrected chi connectivity index (χ0v) is 17.4. The SMILES string of the molecule is CC(C)n1c(=O)nc(NCc2cccc(C(F)(F)F)c2)n(Cc2ccc(Cl)nc2)c1=O. The minimum Gasteiger partial charge on any atom is -0.351 e. The summed E-state index contributed by atoms with van der Waals surface area (Å²) in [6, 6.07) is 7.55. The standard InChI is InChI=1S/C20H19ClF3N5O2/c1-12(2)29-18(30)27-17(26-9-13-4-3-5-15(8-13)20(22,23)24)28(19(29)31)11-14-6-7-16(21)25-10-14/h3-8,10,12H,9,11H2,1-2H3,(H,26,27,30). The molecule has 0 amide bonds. The van der Waals surface area contributed by atoms with E-state index in [1.807, 2.05) is 0 Å². The van der Waals surface area contributed by atoms with E-state index < -0.39 is 29.2 Å². The molecule has 0 fully saturated rings. The summed E-state index contributed by atoms with van der Waals surface area (Å²) in [5, 5.41) is 3.09. The first-order chi connectivity index (χ1) is 14.6. The maximum atomic E-state index is 13.0. The third-order valence-electron chi connectivity index (χ3n) is 4.45. The molecular weight excluding hydrogens is 435 g/mol. The fraction of sp³-hybridized carbons (Fsp3) is 0.300. The van der Waals surface area contributed by atoms with E-state index in [9.17, 15) is 22.8 Å². The predicted molar refractivity (Wildman–Crippen MR) is 110 cm³/mol. The maximum Gasteiger partial charge on any atom is 0.416 e. The Bertz CT molecular complexity index is 1190. The zero-order chi connectivity index (χ0) is 22.8. The van der Waals surface area contributed by atoms with Crippen LogP contribution >= 0.6 is 11.6 Å². The number of halogens is 4. The Balaban J connectivity index is 1.98. The van der Waals surface area contributed by atoms with Gasteiger partial charge in [0.1, 0.15) is 5.15 Å². The Kier molecular flexibility index (Phi) is 6.49. The lowest BCUT2D eigenvalue weighted by atomic mass is 10.1. The lowest BCUT2D eigenvalue weighted by Gasteiger charge is -2.17. The Morgan fingerprint density at radius 1 is 1.13 bits per heavy atom. The van der Waals surface area contributed by atoms with Crippen molar-refractivity contribution in [3.05, 3.63) is 85.4 Å². The van der Waals surface area contributed by atoms with Crippen LogP contribution in [-0.4, -0.2) is 19.1 Å². The molecule has 31 heavy (non-hydrogen) atoms. The zero-order valence-electron chi connectivity index (χ0n) is 16.7. The smallest absolute Gasteiger partial charge is 0.351 e. The molecule has 0 aliphatic rings. The average Bonchev–Trinajstić information content (AvgIpc) is 2.69. The second-order valence-electron chi connectivity index (χ2n) is 7.09. The van der Waals surface area contributed by atoms with Gasteiger partial charge in [-0.05, 0) is 43.2 Å². The Morgan fingerprint density at radius 2 is 1.87 bits per heavy atom. The highest BCUT2D eigenvalue weighted by molar-refractivity contribution is 6.29. The van der Waals surface area contributed by atoms with E-state index in [0.29, 0.717) is 11.1 Å². The molecule has 0 unspecified atom stereocenters. The molecule has 0 aliphatic heterocycles. The van der Waals surface area contributed by atoms with Gasteiger partial charge in [-0.3, -0.25) is 4.57 Å². The van der Waals surface area contributed by atoms with Crippen molar-refractivity contribution in [3.8, 4) is 0 Å². The summed E-state index contributed by atoms with van der Waals surface area (Å²) >= 11 is 5.80. The third-order valence-corrected chi connectivity index (χ3v) is 4.67. The first-order valence-electron chi connectivity index (χ1n) is 9.30. The van der Waals surface area contributed by atoms with Gasteiger partial charge in [-0.2, -0.15) is 18.2 Å². The van der Waals surface area contributed by atoms with Gasteiger partial charge in [0.05, 0.1) is 12.1 Å². The molecule has 3 aromatic rings. The van der Waals surface area contributed by atoms with Gasteiger partial charge in [0.15, 0.2) is 0 Å². The van der Waals surface area contributed by atoms with Gasteiger partial charge in [0, 0.05) is 18.8 Å². The van der Waals surface area contributed by atoms with Crippen LogP contribution in [0.4, 0.5) is 19.1 Å². The number of nitrogens with one attached hydrogen (secondary N) is 1. The van der Waals surface area contributed by atoms with Crippen molar-refractivity contribution in [1.29, 1.82) is 0 Å². The summed E-state index contributed by atoms with van der Waals surface area (Å²) in [6.07, 6.45) is -2.99. The molecule has 164 valence electrons. The van der Waals surface area contributed by atoms with Crippen LogP contribution in [0.25, 0.3) is 0 Å². The van der Waals surface area contributed by atoms with Crippen molar-refractivity contribution in [3.63, 3.8) is 0 Å². The van der Waals surface area contributed by atoms with Gasteiger partial charge in [-0.25, -0.2) is 19.1 Å². The third kappa shape index (κ3) is 5.32. The summed E-state index contributed by atoms with van der Waals surface area (Å²) in [6.45, 7) is 3.32. The highest BCUT2D eigenvalue weighted by Gasteiger charge is 2.30. The minimum atomic E-state index is -4.48. The Morgan fingerprint density at radius 3 is 2.48 bits per heavy atom. The quantitative estimate of drug-likeness (QED) is 0.575. The number of anilines is 1. The second kappa shape index (κ2) is 8.93. The van der Waals surface area contributed by atoms with Crippen molar-refractivity contribution in [2.75, 3.05) is 5.32 Å². The molecule has 3 rings (SSSR count). The van der Waals surface area contributed by atoms with E-state index in [-0.39, 0.29) is 24.2 Å². The molecule has 0 aliphatic carbocycles. The second-order valence-corrected chi connectivity index (χ2v) is 7.48. The normalized spacial score (nSPS) is 11.7. The molecule has 11 heteroatoms. The molecule has 0 saturated carbocycles. The van der Waals surface area contributed by atoms with Gasteiger partial charge in [-0.1, -0.05) is 29.8 Å². The summed E-state index contributed by atoms with van der Waals surface area (Å²) in [7, 11) is 0. The molecule has 0 bridgehead atoms. The van der Waals surface area contributed by atoms with E-state index in [2.05, 4.69) is 15.3 Å². The van der Waals surface area contributed by atoms with Crippen molar-refractivity contribution in [2.24, 2.45) is 0 Å². The fourth-order valence-corrected chi connectivity index (χ4v) is 3.06. The van der Waals surface area contributed by atoms with Crippen LogP contribution in [0.2, 0.25) is 5.15 Å². The molecular formula is C20H19ClF3N5O2. The largest absolute Gasteiger partial charge is 0.416 e. The number of rotatable bonds is 6. The van der Waals surface area contributed by atoms with Crippen LogP contribution in [-0.2, 0) is 19.3 Å². The van der Waals surface area contributed by atoms with Crippen molar-refractivity contribution in [2.45, 2.75) is 39.2 Å². The van der Waals surface area contributed by atoms with Gasteiger partial charge in [0.25, 0.3) is 0 Å². The summed E-state index contributed by atoms with van der Waals surface area (Å²) in [5.74, 6) is -0.0562. The maximum absolute atomic E-state index is 13.0. The summed E-state index contributed by atoms with van der Waals surface area (Å²) < 4.78 is 41.1. The van der Waals surface area contributed by atoms with Crippen molar-refractivity contribution < 1.29 is 13.2 Å². The molecule has 2 aromatic heterocycles. The molecule has 2 heterocycles. The van der Waals surface area contributed by atoms with E-state index in [4.69, 9.17) is 11.6 Å². The Labute approximate surface area is 180 Å². The Hall–Kier alpha value is -3.14. The number of pyridine rings is 1. The van der Waals surface area contributed by atoms with E-state index >= 15 is 0 Å². The van der Waals surface area contributed by atoms with E-state index in [1.54, 1.807) is 26.0 Å². The number of nitrogens with zero attached hydrogens (tertiary/aromatic N) is 4.